The van der Waals surface area contributed by atoms with E-state index in [4.69, 9.17) is 0 Å². The second-order valence-corrected chi connectivity index (χ2v) is 6.36. The highest BCUT2D eigenvalue weighted by atomic mass is 15.2. The van der Waals surface area contributed by atoms with Crippen LogP contribution in [0.1, 0.15) is 40.5 Å². The zero-order valence-corrected chi connectivity index (χ0v) is 10.6. The highest BCUT2D eigenvalue weighted by molar-refractivity contribution is 5.13. The van der Waals surface area contributed by atoms with Crippen LogP contribution in [0.5, 0.6) is 0 Å². The van der Waals surface area contributed by atoms with Gasteiger partial charge in [0.25, 0.3) is 0 Å². The summed E-state index contributed by atoms with van der Waals surface area (Å²) in [6.07, 6.45) is 2.70. The van der Waals surface area contributed by atoms with Crippen LogP contribution in [-0.2, 0) is 0 Å². The molecule has 0 amide bonds. The SMILES string of the molecule is CC(C)CC1C2CNC1(CC(C)C)CN2. The lowest BCUT2D eigenvalue weighted by Gasteiger charge is -2.34. The first-order valence-corrected chi connectivity index (χ1v) is 6.52. The molecule has 2 fully saturated rings. The molecule has 0 saturated carbocycles. The molecule has 2 heterocycles. The maximum atomic E-state index is 3.79. The maximum absolute atomic E-state index is 3.79. The maximum Gasteiger partial charge on any atom is 0.0353 e. The zero-order valence-electron chi connectivity index (χ0n) is 10.6. The third-order valence-corrected chi connectivity index (χ3v) is 4.05. The van der Waals surface area contributed by atoms with Gasteiger partial charge in [0.05, 0.1) is 0 Å². The van der Waals surface area contributed by atoms with Crippen LogP contribution in [0.3, 0.4) is 0 Å². The Kier molecular flexibility index (Phi) is 3.09. The summed E-state index contributed by atoms with van der Waals surface area (Å²) in [5.74, 6) is 2.48. The highest BCUT2D eigenvalue weighted by Crippen LogP contribution is 2.40. The number of piperazine rings is 1. The van der Waals surface area contributed by atoms with Gasteiger partial charge in [-0.15, -0.1) is 0 Å². The Labute approximate surface area is 94.2 Å². The van der Waals surface area contributed by atoms with E-state index in [0.29, 0.717) is 5.54 Å². The summed E-state index contributed by atoms with van der Waals surface area (Å²) < 4.78 is 0. The molecule has 0 radical (unpaired) electrons. The van der Waals surface area contributed by atoms with Gasteiger partial charge in [0.1, 0.15) is 0 Å². The Bertz CT molecular complexity index is 215. The molecule has 0 aromatic heterocycles. The molecule has 2 nitrogen and oxygen atoms in total. The quantitative estimate of drug-likeness (QED) is 0.742. The van der Waals surface area contributed by atoms with Crippen molar-refractivity contribution in [3.05, 3.63) is 0 Å². The molecule has 15 heavy (non-hydrogen) atoms. The Balaban J connectivity index is 2.08. The van der Waals surface area contributed by atoms with Crippen molar-refractivity contribution in [2.75, 3.05) is 13.1 Å². The predicted molar refractivity (Wildman–Crippen MR) is 64.9 cm³/mol. The van der Waals surface area contributed by atoms with Gasteiger partial charge in [-0.1, -0.05) is 27.7 Å². The van der Waals surface area contributed by atoms with Gasteiger partial charge < -0.3 is 10.6 Å². The molecule has 2 heteroatoms. The van der Waals surface area contributed by atoms with Crippen molar-refractivity contribution in [2.24, 2.45) is 17.8 Å². The summed E-state index contributed by atoms with van der Waals surface area (Å²) in [5, 5.41) is 7.49. The monoisotopic (exact) mass is 210 g/mol. The van der Waals surface area contributed by atoms with E-state index in [2.05, 4.69) is 38.3 Å². The van der Waals surface area contributed by atoms with Crippen molar-refractivity contribution in [1.29, 1.82) is 0 Å². The van der Waals surface area contributed by atoms with Gasteiger partial charge in [0, 0.05) is 24.7 Å². The smallest absolute Gasteiger partial charge is 0.0353 e. The summed E-state index contributed by atoms with van der Waals surface area (Å²) in [6, 6.07) is 0.742. The molecule has 3 atom stereocenters. The lowest BCUT2D eigenvalue weighted by atomic mass is 9.77. The van der Waals surface area contributed by atoms with E-state index in [1.807, 2.05) is 0 Å². The standard InChI is InChI=1S/C13H26N2/c1-9(2)5-11-12-7-15-13(11,8-14-12)6-10(3)4/h9-12,14-15H,5-8H2,1-4H3. The minimum atomic E-state index is 0.420. The molecule has 3 unspecified atom stereocenters. The van der Waals surface area contributed by atoms with E-state index in [1.54, 1.807) is 0 Å². The molecule has 2 N–H and O–H groups in total. The molecule has 88 valence electrons. The van der Waals surface area contributed by atoms with Crippen LogP contribution in [0.2, 0.25) is 0 Å². The van der Waals surface area contributed by atoms with Gasteiger partial charge in [-0.25, -0.2) is 0 Å². The Hall–Kier alpha value is -0.0800. The molecule has 0 aromatic carbocycles. The van der Waals surface area contributed by atoms with Crippen molar-refractivity contribution in [1.82, 2.24) is 10.6 Å². The van der Waals surface area contributed by atoms with Gasteiger partial charge >= 0.3 is 0 Å². The zero-order chi connectivity index (χ0) is 11.1. The summed E-state index contributed by atoms with van der Waals surface area (Å²) >= 11 is 0. The van der Waals surface area contributed by atoms with Gasteiger partial charge in [-0.3, -0.25) is 0 Å². The van der Waals surface area contributed by atoms with Crippen LogP contribution in [0.15, 0.2) is 0 Å². The molecule has 0 aromatic rings. The van der Waals surface area contributed by atoms with E-state index in [9.17, 15) is 0 Å². The van der Waals surface area contributed by atoms with Crippen LogP contribution in [0, 0.1) is 17.8 Å². The number of rotatable bonds is 4. The van der Waals surface area contributed by atoms with Crippen molar-refractivity contribution < 1.29 is 0 Å². The van der Waals surface area contributed by atoms with E-state index < -0.39 is 0 Å². The second-order valence-electron chi connectivity index (χ2n) is 6.36. The topological polar surface area (TPSA) is 24.1 Å². The van der Waals surface area contributed by atoms with Gasteiger partial charge in [-0.2, -0.15) is 0 Å². The molecule has 2 aliphatic rings. The first-order valence-electron chi connectivity index (χ1n) is 6.52. The Morgan fingerprint density at radius 1 is 1.20 bits per heavy atom. The average molecular weight is 210 g/mol. The van der Waals surface area contributed by atoms with Gasteiger partial charge in [-0.05, 0) is 30.6 Å². The fraction of sp³-hybridized carbons (Fsp3) is 1.00. The normalized spacial score (nSPS) is 39.6. The number of hydrogen-bond acceptors (Lipinski definition) is 2. The predicted octanol–water partition coefficient (Wildman–Crippen LogP) is 2.01. The number of nitrogens with one attached hydrogen (secondary N) is 2. The van der Waals surface area contributed by atoms with Crippen LogP contribution >= 0.6 is 0 Å². The minimum absolute atomic E-state index is 0.420. The molecular weight excluding hydrogens is 184 g/mol. The van der Waals surface area contributed by atoms with Crippen LogP contribution < -0.4 is 10.6 Å². The molecule has 2 aliphatic heterocycles. The summed E-state index contributed by atoms with van der Waals surface area (Å²) in [7, 11) is 0. The molecule has 2 bridgehead atoms. The molecular formula is C13H26N2. The van der Waals surface area contributed by atoms with Crippen LogP contribution in [0.25, 0.3) is 0 Å². The molecule has 0 aliphatic carbocycles. The minimum Gasteiger partial charge on any atom is -0.311 e. The summed E-state index contributed by atoms with van der Waals surface area (Å²) in [6.45, 7) is 11.8. The van der Waals surface area contributed by atoms with Crippen molar-refractivity contribution in [3.8, 4) is 0 Å². The van der Waals surface area contributed by atoms with E-state index in [1.165, 1.54) is 25.9 Å². The van der Waals surface area contributed by atoms with Crippen molar-refractivity contribution >= 4 is 0 Å². The van der Waals surface area contributed by atoms with Crippen LogP contribution in [-0.4, -0.2) is 24.7 Å². The van der Waals surface area contributed by atoms with Crippen LogP contribution in [0.4, 0.5) is 0 Å². The summed E-state index contributed by atoms with van der Waals surface area (Å²) in [5.41, 5.74) is 0.420. The lowest BCUT2D eigenvalue weighted by Crippen LogP contribution is -2.51. The largest absolute Gasteiger partial charge is 0.311 e. The third kappa shape index (κ3) is 2.07. The van der Waals surface area contributed by atoms with Gasteiger partial charge in [0.2, 0.25) is 0 Å². The fourth-order valence-electron chi connectivity index (χ4n) is 3.61. The highest BCUT2D eigenvalue weighted by Gasteiger charge is 2.52. The molecule has 2 rings (SSSR count). The fourth-order valence-corrected chi connectivity index (χ4v) is 3.61. The summed E-state index contributed by atoms with van der Waals surface area (Å²) in [4.78, 5) is 0. The first-order chi connectivity index (χ1) is 7.03. The number of hydrogen-bond donors (Lipinski definition) is 2. The Morgan fingerprint density at radius 2 is 1.93 bits per heavy atom. The molecule has 0 spiro atoms. The second kappa shape index (κ2) is 4.06. The van der Waals surface area contributed by atoms with E-state index in [-0.39, 0.29) is 0 Å². The average Bonchev–Trinajstić information content (AvgIpc) is 2.58. The van der Waals surface area contributed by atoms with Gasteiger partial charge in [0.15, 0.2) is 0 Å². The number of fused-ring (bicyclic) bond motifs is 2. The Morgan fingerprint density at radius 3 is 2.40 bits per heavy atom. The first kappa shape index (κ1) is 11.4. The van der Waals surface area contributed by atoms with Crippen molar-refractivity contribution in [3.63, 3.8) is 0 Å². The third-order valence-electron chi connectivity index (χ3n) is 4.05. The molecule has 2 saturated heterocycles. The van der Waals surface area contributed by atoms with E-state index in [0.717, 1.165) is 23.8 Å². The van der Waals surface area contributed by atoms with Crippen molar-refractivity contribution in [2.45, 2.75) is 52.1 Å². The van der Waals surface area contributed by atoms with E-state index >= 15 is 0 Å². The lowest BCUT2D eigenvalue weighted by molar-refractivity contribution is 0.238.